The number of nitrogens with one attached hydrogen (secondary N) is 1. The van der Waals surface area contributed by atoms with Crippen molar-refractivity contribution in [2.45, 2.75) is 37.7 Å². The van der Waals surface area contributed by atoms with Crippen molar-refractivity contribution < 1.29 is 4.42 Å². The van der Waals surface area contributed by atoms with Crippen LogP contribution in [0.15, 0.2) is 67.7 Å². The molecule has 0 aliphatic carbocycles. The normalized spacial score (nSPS) is 11.2. The number of aryl methyl sites for hydroxylation is 3. The summed E-state index contributed by atoms with van der Waals surface area (Å²) < 4.78 is 7.00. The molecule has 0 amide bonds. The summed E-state index contributed by atoms with van der Waals surface area (Å²) in [5.74, 6) is 0.514. The van der Waals surface area contributed by atoms with Crippen LogP contribution in [0.3, 0.4) is 0 Å². The summed E-state index contributed by atoms with van der Waals surface area (Å²) in [5.41, 5.74) is 4.22. The molecule has 4 aromatic rings. The molecule has 0 radical (unpaired) electrons. The van der Waals surface area contributed by atoms with Gasteiger partial charge in [-0.05, 0) is 54.7 Å². The zero-order chi connectivity index (χ0) is 20.4. The van der Waals surface area contributed by atoms with Gasteiger partial charge in [0.25, 0.3) is 0 Å². The Labute approximate surface area is 171 Å². The fraction of sp³-hybridized carbons (Fsp3) is 0.227. The molecular weight excluding hydrogens is 386 g/mol. The molecule has 0 fully saturated rings. The average Bonchev–Trinajstić information content (AvgIpc) is 3.06. The van der Waals surface area contributed by atoms with Crippen LogP contribution >= 0.6 is 11.8 Å². The molecule has 0 spiro atoms. The zero-order valence-electron chi connectivity index (χ0n) is 16.3. The minimum Gasteiger partial charge on any atom is -0.423 e. The molecule has 0 unspecified atom stereocenters. The molecule has 2 aromatic heterocycles. The zero-order valence-corrected chi connectivity index (χ0v) is 17.1. The van der Waals surface area contributed by atoms with Gasteiger partial charge in [0, 0.05) is 23.8 Å². The van der Waals surface area contributed by atoms with Gasteiger partial charge in [-0.1, -0.05) is 42.1 Å². The van der Waals surface area contributed by atoms with Crippen LogP contribution in [0, 0.1) is 13.8 Å². The summed E-state index contributed by atoms with van der Waals surface area (Å²) in [7, 11) is 0. The maximum absolute atomic E-state index is 12.2. The number of benzene rings is 2. The maximum atomic E-state index is 12.2. The second-order valence-corrected chi connectivity index (χ2v) is 7.95. The lowest BCUT2D eigenvalue weighted by Gasteiger charge is -2.09. The van der Waals surface area contributed by atoms with Crippen LogP contribution in [0.1, 0.15) is 22.3 Å². The molecule has 29 heavy (non-hydrogen) atoms. The average molecular weight is 407 g/mol. The Balaban J connectivity index is 1.58. The van der Waals surface area contributed by atoms with Gasteiger partial charge >= 0.3 is 11.3 Å². The molecule has 148 valence electrons. The lowest BCUT2D eigenvalue weighted by atomic mass is 10.0. The monoisotopic (exact) mass is 407 g/mol. The van der Waals surface area contributed by atoms with Gasteiger partial charge < -0.3 is 4.42 Å². The number of hydrogen-bond donors (Lipinski definition) is 1. The number of aromatic amines is 1. The number of rotatable bonds is 6. The van der Waals surface area contributed by atoms with Crippen molar-refractivity contribution in [3.05, 3.63) is 91.7 Å². The van der Waals surface area contributed by atoms with Gasteiger partial charge in [-0.2, -0.15) is 0 Å². The lowest BCUT2D eigenvalue weighted by Crippen LogP contribution is -2.18. The third-order valence-corrected chi connectivity index (χ3v) is 6.02. The smallest absolute Gasteiger partial charge is 0.343 e. The highest BCUT2D eigenvalue weighted by atomic mass is 32.2. The second-order valence-electron chi connectivity index (χ2n) is 7.01. The van der Waals surface area contributed by atoms with Crippen LogP contribution in [0.25, 0.3) is 11.0 Å². The van der Waals surface area contributed by atoms with E-state index in [4.69, 9.17) is 4.42 Å². The highest BCUT2D eigenvalue weighted by molar-refractivity contribution is 7.98. The van der Waals surface area contributed by atoms with E-state index in [0.29, 0.717) is 23.0 Å². The van der Waals surface area contributed by atoms with Gasteiger partial charge in [-0.15, -0.1) is 5.10 Å². The van der Waals surface area contributed by atoms with Gasteiger partial charge in [0.05, 0.1) is 0 Å². The van der Waals surface area contributed by atoms with Crippen LogP contribution in [0.2, 0.25) is 0 Å². The van der Waals surface area contributed by atoms with E-state index in [9.17, 15) is 9.59 Å². The van der Waals surface area contributed by atoms with E-state index in [0.717, 1.165) is 34.1 Å². The molecule has 7 heteroatoms. The minimum absolute atomic E-state index is 0.229. The third-order valence-electron chi connectivity index (χ3n) is 4.99. The van der Waals surface area contributed by atoms with Crippen LogP contribution in [0.4, 0.5) is 0 Å². The Bertz CT molecular complexity index is 1270. The predicted molar refractivity (Wildman–Crippen MR) is 115 cm³/mol. The van der Waals surface area contributed by atoms with Crippen molar-refractivity contribution in [3.8, 4) is 0 Å². The Kier molecular flexibility index (Phi) is 5.40. The Morgan fingerprint density at radius 1 is 1.07 bits per heavy atom. The van der Waals surface area contributed by atoms with Crippen molar-refractivity contribution in [1.82, 2.24) is 14.8 Å². The number of H-pyrrole nitrogens is 1. The van der Waals surface area contributed by atoms with Crippen molar-refractivity contribution >= 4 is 22.7 Å². The van der Waals surface area contributed by atoms with Crippen LogP contribution in [0.5, 0.6) is 0 Å². The highest BCUT2D eigenvalue weighted by Gasteiger charge is 2.12. The van der Waals surface area contributed by atoms with E-state index >= 15 is 0 Å². The van der Waals surface area contributed by atoms with E-state index in [1.807, 2.05) is 56.3 Å². The maximum Gasteiger partial charge on any atom is 0.343 e. The summed E-state index contributed by atoms with van der Waals surface area (Å²) >= 11 is 1.43. The van der Waals surface area contributed by atoms with Crippen LogP contribution in [-0.4, -0.2) is 14.8 Å². The number of thioether (sulfide) groups is 1. The van der Waals surface area contributed by atoms with E-state index in [1.54, 1.807) is 4.57 Å². The number of hydrogen-bond acceptors (Lipinski definition) is 5. The predicted octanol–water partition coefficient (Wildman–Crippen LogP) is 3.83. The van der Waals surface area contributed by atoms with Gasteiger partial charge in [0.2, 0.25) is 0 Å². The SMILES string of the molecule is Cc1cc2oc(=O)cc(CSc3n[nH]c(=O)n3CCc3ccccc3)c2cc1C. The standard InChI is InChI=1S/C22H21N3O3S/c1-14-10-18-17(12-20(26)28-19(18)11-15(14)2)13-29-22-24-23-21(27)25(22)9-8-16-6-4-3-5-7-16/h3-7,10-12H,8-9,13H2,1-2H3,(H,23,27). The first-order chi connectivity index (χ1) is 14.0. The number of aromatic nitrogens is 3. The van der Waals surface area contributed by atoms with Crippen molar-refractivity contribution in [2.24, 2.45) is 0 Å². The number of fused-ring (bicyclic) bond motifs is 1. The molecule has 2 heterocycles. The first-order valence-electron chi connectivity index (χ1n) is 9.37. The van der Waals surface area contributed by atoms with Crippen molar-refractivity contribution in [2.75, 3.05) is 0 Å². The van der Waals surface area contributed by atoms with Crippen molar-refractivity contribution in [3.63, 3.8) is 0 Å². The second kappa shape index (κ2) is 8.13. The van der Waals surface area contributed by atoms with Gasteiger partial charge in [-0.3, -0.25) is 4.57 Å². The Morgan fingerprint density at radius 2 is 1.83 bits per heavy atom. The Morgan fingerprint density at radius 3 is 2.62 bits per heavy atom. The summed E-state index contributed by atoms with van der Waals surface area (Å²) in [5, 5.41) is 8.21. The summed E-state index contributed by atoms with van der Waals surface area (Å²) in [6, 6.07) is 15.5. The van der Waals surface area contributed by atoms with E-state index < -0.39 is 0 Å². The first-order valence-corrected chi connectivity index (χ1v) is 10.4. The molecule has 0 aliphatic heterocycles. The lowest BCUT2D eigenvalue weighted by molar-refractivity contribution is 0.559. The van der Waals surface area contributed by atoms with E-state index in [2.05, 4.69) is 10.2 Å². The van der Waals surface area contributed by atoms with Gasteiger partial charge in [-0.25, -0.2) is 14.7 Å². The summed E-state index contributed by atoms with van der Waals surface area (Å²) in [6.45, 7) is 4.56. The fourth-order valence-corrected chi connectivity index (χ4v) is 4.20. The molecule has 2 aromatic carbocycles. The van der Waals surface area contributed by atoms with E-state index in [-0.39, 0.29) is 11.3 Å². The molecule has 0 saturated heterocycles. The highest BCUT2D eigenvalue weighted by Crippen LogP contribution is 2.27. The van der Waals surface area contributed by atoms with Gasteiger partial charge in [0.1, 0.15) is 5.58 Å². The van der Waals surface area contributed by atoms with Crippen LogP contribution < -0.4 is 11.3 Å². The molecular formula is C22H21N3O3S. The quantitative estimate of drug-likeness (QED) is 0.388. The first kappa shape index (κ1) is 19.3. The molecule has 0 aliphatic rings. The van der Waals surface area contributed by atoms with Crippen molar-refractivity contribution in [1.29, 1.82) is 0 Å². The van der Waals surface area contributed by atoms with Crippen LogP contribution in [-0.2, 0) is 18.7 Å². The minimum atomic E-state index is -0.375. The largest absolute Gasteiger partial charge is 0.423 e. The van der Waals surface area contributed by atoms with E-state index in [1.165, 1.54) is 17.8 Å². The Hall–Kier alpha value is -3.06. The molecule has 4 rings (SSSR count). The molecule has 1 N–H and O–H groups in total. The molecule has 0 atom stereocenters. The fourth-order valence-electron chi connectivity index (χ4n) is 3.24. The molecule has 0 bridgehead atoms. The summed E-state index contributed by atoms with van der Waals surface area (Å²) in [6.07, 6.45) is 0.740. The molecule has 0 saturated carbocycles. The molecule has 6 nitrogen and oxygen atoms in total. The number of nitrogens with zero attached hydrogens (tertiary/aromatic N) is 2. The topological polar surface area (TPSA) is 80.9 Å². The van der Waals surface area contributed by atoms with Gasteiger partial charge in [0.15, 0.2) is 5.16 Å². The third kappa shape index (κ3) is 4.19. The summed E-state index contributed by atoms with van der Waals surface area (Å²) in [4.78, 5) is 24.2.